The quantitative estimate of drug-likeness (QED) is 0.625. The number of hydrogen-bond acceptors (Lipinski definition) is 6. The summed E-state index contributed by atoms with van der Waals surface area (Å²) in [5, 5.41) is 0. The number of morpholine rings is 1. The van der Waals surface area contributed by atoms with Crippen LogP contribution in [0.5, 0.6) is 5.75 Å². The highest BCUT2D eigenvalue weighted by Crippen LogP contribution is 2.20. The van der Waals surface area contributed by atoms with E-state index in [9.17, 15) is 13.2 Å². The van der Waals surface area contributed by atoms with Gasteiger partial charge in [0.15, 0.2) is 0 Å². The Balaban J connectivity index is 1.31. The lowest BCUT2D eigenvalue weighted by molar-refractivity contribution is 0.0620. The second-order valence-electron chi connectivity index (χ2n) is 7.84. The van der Waals surface area contributed by atoms with Gasteiger partial charge in [-0.2, -0.15) is 4.31 Å². The first-order chi connectivity index (χ1) is 15.5. The Hall–Kier alpha value is -2.46. The van der Waals surface area contributed by atoms with Gasteiger partial charge in [-0.3, -0.25) is 9.69 Å². The van der Waals surface area contributed by atoms with Gasteiger partial charge in [-0.15, -0.1) is 0 Å². The molecule has 2 aromatic carbocycles. The Labute approximate surface area is 189 Å². The minimum atomic E-state index is -3.63. The van der Waals surface area contributed by atoms with Gasteiger partial charge in [0.2, 0.25) is 10.0 Å². The van der Waals surface area contributed by atoms with Crippen molar-refractivity contribution in [2.75, 3.05) is 65.6 Å². The second-order valence-corrected chi connectivity index (χ2v) is 9.78. The molecule has 0 saturated carbocycles. The first kappa shape index (κ1) is 22.7. The fourth-order valence-electron chi connectivity index (χ4n) is 3.89. The van der Waals surface area contributed by atoms with E-state index in [0.717, 1.165) is 25.4 Å². The first-order valence-electron chi connectivity index (χ1n) is 10.9. The van der Waals surface area contributed by atoms with Crippen LogP contribution in [-0.2, 0) is 14.8 Å². The van der Waals surface area contributed by atoms with Crippen LogP contribution >= 0.6 is 0 Å². The number of nitrogens with zero attached hydrogens (tertiary/aromatic N) is 3. The lowest BCUT2D eigenvalue weighted by atomic mass is 10.2. The monoisotopic (exact) mass is 459 g/mol. The van der Waals surface area contributed by atoms with Gasteiger partial charge in [-0.1, -0.05) is 24.3 Å². The molecule has 0 spiro atoms. The maximum absolute atomic E-state index is 13.0. The Morgan fingerprint density at radius 2 is 1.62 bits per heavy atom. The number of rotatable bonds is 7. The standard InChI is InChI=1S/C23H29N3O5S/c27-23(20-5-4-8-22(19-20)32(28,29)26-14-16-30-17-15-26)25-11-9-24(10-12-25)13-18-31-21-6-2-1-3-7-21/h1-8,19H,9-18H2. The van der Waals surface area contributed by atoms with Gasteiger partial charge < -0.3 is 14.4 Å². The molecule has 8 nitrogen and oxygen atoms in total. The van der Waals surface area contributed by atoms with Gasteiger partial charge in [0.25, 0.3) is 5.91 Å². The molecule has 2 aliphatic rings. The average Bonchev–Trinajstić information content (AvgIpc) is 2.85. The van der Waals surface area contributed by atoms with Crippen molar-refractivity contribution in [3.63, 3.8) is 0 Å². The zero-order chi connectivity index (χ0) is 22.4. The van der Waals surface area contributed by atoms with Crippen LogP contribution in [0.4, 0.5) is 0 Å². The molecule has 0 aromatic heterocycles. The SMILES string of the molecule is O=C(c1cccc(S(=O)(=O)N2CCOCC2)c1)N1CCN(CCOc2ccccc2)CC1. The van der Waals surface area contributed by atoms with Gasteiger partial charge in [-0.05, 0) is 30.3 Å². The van der Waals surface area contributed by atoms with Crippen LogP contribution in [0.3, 0.4) is 0 Å². The van der Waals surface area contributed by atoms with E-state index in [0.29, 0.717) is 51.6 Å². The van der Waals surface area contributed by atoms with Crippen LogP contribution in [0.25, 0.3) is 0 Å². The highest BCUT2D eigenvalue weighted by molar-refractivity contribution is 7.89. The van der Waals surface area contributed by atoms with Gasteiger partial charge in [-0.25, -0.2) is 8.42 Å². The molecule has 0 radical (unpaired) electrons. The van der Waals surface area contributed by atoms with Crippen molar-refractivity contribution in [1.29, 1.82) is 0 Å². The molecule has 2 heterocycles. The van der Waals surface area contributed by atoms with Crippen molar-refractivity contribution >= 4 is 15.9 Å². The van der Waals surface area contributed by atoms with Crippen molar-refractivity contribution < 1.29 is 22.7 Å². The molecule has 32 heavy (non-hydrogen) atoms. The van der Waals surface area contributed by atoms with Gasteiger partial charge in [0.05, 0.1) is 18.1 Å². The number of carbonyl (C=O) groups is 1. The summed E-state index contributed by atoms with van der Waals surface area (Å²) in [5.41, 5.74) is 0.403. The first-order valence-corrected chi connectivity index (χ1v) is 12.4. The lowest BCUT2D eigenvalue weighted by Crippen LogP contribution is -2.49. The van der Waals surface area contributed by atoms with E-state index in [1.165, 1.54) is 10.4 Å². The normalized spacial score (nSPS) is 18.4. The lowest BCUT2D eigenvalue weighted by Gasteiger charge is -2.34. The van der Waals surface area contributed by atoms with E-state index in [2.05, 4.69) is 4.90 Å². The van der Waals surface area contributed by atoms with Crippen molar-refractivity contribution in [2.24, 2.45) is 0 Å². The molecular formula is C23H29N3O5S. The number of ether oxygens (including phenoxy) is 2. The largest absolute Gasteiger partial charge is 0.492 e. The van der Waals surface area contributed by atoms with Crippen molar-refractivity contribution in [3.8, 4) is 5.75 Å². The molecule has 2 aliphatic heterocycles. The predicted octanol–water partition coefficient (Wildman–Crippen LogP) is 1.54. The zero-order valence-corrected chi connectivity index (χ0v) is 18.9. The molecule has 0 unspecified atom stereocenters. The second kappa shape index (κ2) is 10.4. The number of benzene rings is 2. The van der Waals surface area contributed by atoms with Crippen LogP contribution < -0.4 is 4.74 Å². The fourth-order valence-corrected chi connectivity index (χ4v) is 5.35. The van der Waals surface area contributed by atoms with E-state index < -0.39 is 10.0 Å². The molecule has 2 aromatic rings. The topological polar surface area (TPSA) is 79.4 Å². The third-order valence-electron chi connectivity index (χ3n) is 5.77. The molecule has 0 aliphatic carbocycles. The molecule has 1 amide bonds. The van der Waals surface area contributed by atoms with Gasteiger partial charge in [0.1, 0.15) is 12.4 Å². The van der Waals surface area contributed by atoms with E-state index >= 15 is 0 Å². The summed E-state index contributed by atoms with van der Waals surface area (Å²) in [6, 6.07) is 16.1. The third-order valence-corrected chi connectivity index (χ3v) is 7.66. The Kier molecular flexibility index (Phi) is 7.41. The van der Waals surface area contributed by atoms with E-state index in [1.807, 2.05) is 30.3 Å². The Morgan fingerprint density at radius 3 is 2.34 bits per heavy atom. The minimum absolute atomic E-state index is 0.135. The smallest absolute Gasteiger partial charge is 0.253 e. The summed E-state index contributed by atoms with van der Waals surface area (Å²) >= 11 is 0. The molecule has 2 saturated heterocycles. The Bertz CT molecular complexity index is 1000. The predicted molar refractivity (Wildman–Crippen MR) is 120 cm³/mol. The van der Waals surface area contributed by atoms with Crippen molar-refractivity contribution in [1.82, 2.24) is 14.1 Å². The maximum atomic E-state index is 13.0. The maximum Gasteiger partial charge on any atom is 0.253 e. The van der Waals surface area contributed by atoms with Gasteiger partial charge >= 0.3 is 0 Å². The number of amides is 1. The summed E-state index contributed by atoms with van der Waals surface area (Å²) in [6.45, 7) is 5.55. The summed E-state index contributed by atoms with van der Waals surface area (Å²) in [6.07, 6.45) is 0. The summed E-state index contributed by atoms with van der Waals surface area (Å²) < 4.78 is 38.2. The van der Waals surface area contributed by atoms with Crippen molar-refractivity contribution in [2.45, 2.75) is 4.90 Å². The fraction of sp³-hybridized carbons (Fsp3) is 0.435. The average molecular weight is 460 g/mol. The van der Waals surface area contributed by atoms with Gasteiger partial charge in [0, 0.05) is 51.4 Å². The number of carbonyl (C=O) groups excluding carboxylic acids is 1. The number of hydrogen-bond donors (Lipinski definition) is 0. The van der Waals surface area contributed by atoms with E-state index in [-0.39, 0.29) is 10.8 Å². The van der Waals surface area contributed by atoms with Crippen LogP contribution in [0, 0.1) is 0 Å². The van der Waals surface area contributed by atoms with E-state index in [1.54, 1.807) is 23.1 Å². The highest BCUT2D eigenvalue weighted by Gasteiger charge is 2.28. The molecule has 9 heteroatoms. The number of sulfonamides is 1. The summed E-state index contributed by atoms with van der Waals surface area (Å²) in [5.74, 6) is 0.720. The summed E-state index contributed by atoms with van der Waals surface area (Å²) in [4.78, 5) is 17.2. The zero-order valence-electron chi connectivity index (χ0n) is 18.1. The molecule has 0 atom stereocenters. The molecule has 0 N–H and O–H groups in total. The molecule has 4 rings (SSSR count). The molecule has 172 valence electrons. The van der Waals surface area contributed by atoms with Crippen LogP contribution in [0.15, 0.2) is 59.5 Å². The van der Waals surface area contributed by atoms with Crippen molar-refractivity contribution in [3.05, 3.63) is 60.2 Å². The molecule has 0 bridgehead atoms. The van der Waals surface area contributed by atoms with Crippen LogP contribution in [-0.4, -0.2) is 94.1 Å². The number of piperazine rings is 1. The molecular weight excluding hydrogens is 430 g/mol. The Morgan fingerprint density at radius 1 is 0.906 bits per heavy atom. The van der Waals surface area contributed by atoms with E-state index in [4.69, 9.17) is 9.47 Å². The minimum Gasteiger partial charge on any atom is -0.492 e. The highest BCUT2D eigenvalue weighted by atomic mass is 32.2. The third kappa shape index (κ3) is 5.47. The molecule has 2 fully saturated rings. The number of para-hydroxylation sites is 1. The van der Waals surface area contributed by atoms with Crippen LogP contribution in [0.1, 0.15) is 10.4 Å². The summed E-state index contributed by atoms with van der Waals surface area (Å²) in [7, 11) is -3.63. The van der Waals surface area contributed by atoms with Crippen LogP contribution in [0.2, 0.25) is 0 Å².